The standard InChI is InChI=1S/C23H26N10O3S/c1-14(2)31-37(34,35)20-7-5-4-6-18(20)27-22-16-10-11-24-21(16)29-23(30-22)28-17-9-8-15(12-19(17)36-3)33-26-13-25-32-33/h4-9,12-14,31H,10-11H2,1-3H3,(H3,24,27,28,29,30). The molecule has 14 heteroatoms. The molecule has 0 saturated carbocycles. The normalized spacial score (nSPS) is 12.8. The van der Waals surface area contributed by atoms with Gasteiger partial charge >= 0.3 is 0 Å². The average molecular weight is 523 g/mol. The van der Waals surface area contributed by atoms with Crippen molar-refractivity contribution < 1.29 is 13.2 Å². The first-order valence-corrected chi connectivity index (χ1v) is 13.0. The van der Waals surface area contributed by atoms with Crippen LogP contribution in [0.4, 0.5) is 29.0 Å². The second-order valence-corrected chi connectivity index (χ2v) is 10.2. The third-order valence-corrected chi connectivity index (χ3v) is 7.22. The van der Waals surface area contributed by atoms with E-state index in [-0.39, 0.29) is 10.9 Å². The number of nitrogens with one attached hydrogen (secondary N) is 4. The summed E-state index contributed by atoms with van der Waals surface area (Å²) in [5, 5.41) is 21.3. The van der Waals surface area contributed by atoms with Gasteiger partial charge in [0.2, 0.25) is 16.0 Å². The van der Waals surface area contributed by atoms with Gasteiger partial charge in [0.15, 0.2) is 6.33 Å². The molecule has 2 aromatic heterocycles. The van der Waals surface area contributed by atoms with Gasteiger partial charge in [0.05, 0.1) is 24.2 Å². The zero-order chi connectivity index (χ0) is 26.0. The molecule has 3 heterocycles. The molecule has 1 aliphatic heterocycles. The molecular formula is C23H26N10O3S. The Morgan fingerprint density at radius 1 is 1.08 bits per heavy atom. The van der Waals surface area contributed by atoms with E-state index >= 15 is 0 Å². The number of aromatic nitrogens is 6. The maximum absolute atomic E-state index is 12.9. The topological polar surface area (TPSA) is 161 Å². The third kappa shape index (κ3) is 5.15. The summed E-state index contributed by atoms with van der Waals surface area (Å²) in [4.78, 5) is 10.8. The van der Waals surface area contributed by atoms with Crippen molar-refractivity contribution >= 4 is 39.0 Å². The van der Waals surface area contributed by atoms with Crippen molar-refractivity contribution in [2.45, 2.75) is 31.2 Å². The Balaban J connectivity index is 1.48. The molecule has 192 valence electrons. The molecule has 0 aliphatic carbocycles. The van der Waals surface area contributed by atoms with Crippen LogP contribution in [-0.2, 0) is 16.4 Å². The second kappa shape index (κ2) is 9.99. The van der Waals surface area contributed by atoms with Crippen molar-refractivity contribution in [3.05, 3.63) is 54.4 Å². The first-order chi connectivity index (χ1) is 17.8. The lowest BCUT2D eigenvalue weighted by Gasteiger charge is -2.17. The van der Waals surface area contributed by atoms with Crippen LogP contribution >= 0.6 is 0 Å². The Morgan fingerprint density at radius 3 is 2.68 bits per heavy atom. The van der Waals surface area contributed by atoms with E-state index < -0.39 is 10.0 Å². The number of para-hydroxylation sites is 1. The SMILES string of the molecule is COc1cc(-n2ncnn2)ccc1Nc1nc2c(c(Nc3ccccc3S(=O)(=O)NC(C)C)n1)CCN2. The van der Waals surface area contributed by atoms with Gasteiger partial charge in [-0.15, -0.1) is 15.0 Å². The van der Waals surface area contributed by atoms with E-state index in [0.29, 0.717) is 53.4 Å². The molecule has 0 amide bonds. The number of benzene rings is 2. The van der Waals surface area contributed by atoms with Crippen LogP contribution in [0.25, 0.3) is 5.69 Å². The van der Waals surface area contributed by atoms with E-state index in [2.05, 4.69) is 46.1 Å². The maximum atomic E-state index is 12.9. The summed E-state index contributed by atoms with van der Waals surface area (Å²) in [6.07, 6.45) is 2.04. The first kappa shape index (κ1) is 24.4. The number of sulfonamides is 1. The van der Waals surface area contributed by atoms with Crippen LogP contribution in [0.3, 0.4) is 0 Å². The molecule has 4 aromatic rings. The van der Waals surface area contributed by atoms with Crippen molar-refractivity contribution in [3.63, 3.8) is 0 Å². The lowest BCUT2D eigenvalue weighted by atomic mass is 10.2. The highest BCUT2D eigenvalue weighted by Gasteiger charge is 2.23. The number of hydrogen-bond donors (Lipinski definition) is 4. The highest BCUT2D eigenvalue weighted by molar-refractivity contribution is 7.89. The largest absolute Gasteiger partial charge is 0.494 e. The lowest BCUT2D eigenvalue weighted by Crippen LogP contribution is -2.30. The number of fused-ring (bicyclic) bond motifs is 1. The van der Waals surface area contributed by atoms with E-state index in [0.717, 1.165) is 5.56 Å². The Hall–Kier alpha value is -4.30. The molecule has 0 bridgehead atoms. The van der Waals surface area contributed by atoms with Crippen LogP contribution < -0.4 is 25.4 Å². The fourth-order valence-corrected chi connectivity index (χ4v) is 5.37. The van der Waals surface area contributed by atoms with Crippen molar-refractivity contribution in [2.75, 3.05) is 29.6 Å². The van der Waals surface area contributed by atoms with Crippen LogP contribution in [0.15, 0.2) is 53.7 Å². The van der Waals surface area contributed by atoms with Crippen molar-refractivity contribution in [1.29, 1.82) is 0 Å². The summed E-state index contributed by atoms with van der Waals surface area (Å²) in [7, 11) is -2.18. The smallest absolute Gasteiger partial charge is 0.242 e. The van der Waals surface area contributed by atoms with Gasteiger partial charge in [-0.3, -0.25) is 0 Å². The number of nitrogens with zero attached hydrogens (tertiary/aromatic N) is 6. The summed E-state index contributed by atoms with van der Waals surface area (Å²) in [5.74, 6) is 2.01. The highest BCUT2D eigenvalue weighted by Crippen LogP contribution is 2.34. The van der Waals surface area contributed by atoms with E-state index in [1.54, 1.807) is 63.4 Å². The highest BCUT2D eigenvalue weighted by atomic mass is 32.2. The van der Waals surface area contributed by atoms with E-state index in [1.165, 1.54) is 11.1 Å². The lowest BCUT2D eigenvalue weighted by molar-refractivity contribution is 0.416. The molecule has 13 nitrogen and oxygen atoms in total. The average Bonchev–Trinajstić information content (AvgIpc) is 3.56. The molecule has 0 fully saturated rings. The first-order valence-electron chi connectivity index (χ1n) is 11.6. The van der Waals surface area contributed by atoms with Crippen LogP contribution in [0, 0.1) is 0 Å². The molecule has 4 N–H and O–H groups in total. The minimum absolute atomic E-state index is 0.135. The Labute approximate surface area is 213 Å². The molecule has 37 heavy (non-hydrogen) atoms. The molecule has 0 radical (unpaired) electrons. The molecule has 5 rings (SSSR count). The quantitative estimate of drug-likeness (QED) is 0.256. The zero-order valence-corrected chi connectivity index (χ0v) is 21.2. The number of hydrogen-bond acceptors (Lipinski definition) is 11. The number of ether oxygens (including phenoxy) is 1. The molecule has 0 atom stereocenters. The van der Waals surface area contributed by atoms with Gasteiger partial charge in [-0.2, -0.15) is 9.97 Å². The van der Waals surface area contributed by atoms with E-state index in [1.807, 2.05) is 0 Å². The minimum Gasteiger partial charge on any atom is -0.494 e. The van der Waals surface area contributed by atoms with Crippen molar-refractivity contribution in [3.8, 4) is 11.4 Å². The van der Waals surface area contributed by atoms with Crippen LogP contribution in [0.1, 0.15) is 19.4 Å². The molecule has 0 spiro atoms. The Morgan fingerprint density at radius 2 is 1.92 bits per heavy atom. The van der Waals surface area contributed by atoms with Gasteiger partial charge in [0, 0.05) is 24.2 Å². The number of tetrazole rings is 1. The van der Waals surface area contributed by atoms with E-state index in [4.69, 9.17) is 4.74 Å². The Bertz CT molecular complexity index is 1520. The fraction of sp³-hybridized carbons (Fsp3) is 0.261. The Kier molecular flexibility index (Phi) is 6.58. The van der Waals surface area contributed by atoms with Gasteiger partial charge in [-0.1, -0.05) is 12.1 Å². The predicted molar refractivity (Wildman–Crippen MR) is 138 cm³/mol. The van der Waals surface area contributed by atoms with Crippen molar-refractivity contribution in [2.24, 2.45) is 0 Å². The van der Waals surface area contributed by atoms with E-state index in [9.17, 15) is 8.42 Å². The molecule has 2 aromatic carbocycles. The van der Waals surface area contributed by atoms with Gasteiger partial charge < -0.3 is 20.7 Å². The predicted octanol–water partition coefficient (Wildman–Crippen LogP) is 2.60. The number of methoxy groups -OCH3 is 1. The second-order valence-electron chi connectivity index (χ2n) is 8.53. The molecule has 1 aliphatic rings. The summed E-state index contributed by atoms with van der Waals surface area (Å²) in [6.45, 7) is 4.25. The van der Waals surface area contributed by atoms with Gasteiger partial charge in [0.25, 0.3) is 0 Å². The summed E-state index contributed by atoms with van der Waals surface area (Å²) < 4.78 is 34.1. The maximum Gasteiger partial charge on any atom is 0.242 e. The molecule has 0 unspecified atom stereocenters. The van der Waals surface area contributed by atoms with Crippen molar-refractivity contribution in [1.82, 2.24) is 34.9 Å². The number of rotatable bonds is 9. The monoisotopic (exact) mass is 522 g/mol. The zero-order valence-electron chi connectivity index (χ0n) is 20.4. The van der Waals surface area contributed by atoms with Crippen LogP contribution in [0.2, 0.25) is 0 Å². The van der Waals surface area contributed by atoms with Gasteiger partial charge in [-0.05, 0) is 49.7 Å². The van der Waals surface area contributed by atoms with Crippen LogP contribution in [0.5, 0.6) is 5.75 Å². The molecular weight excluding hydrogens is 496 g/mol. The molecule has 0 saturated heterocycles. The van der Waals surface area contributed by atoms with Crippen LogP contribution in [-0.4, -0.2) is 58.3 Å². The summed E-state index contributed by atoms with van der Waals surface area (Å²) in [5.41, 5.74) is 2.58. The number of anilines is 5. The van der Waals surface area contributed by atoms with Gasteiger partial charge in [0.1, 0.15) is 22.3 Å². The minimum atomic E-state index is -3.74. The van der Waals surface area contributed by atoms with Gasteiger partial charge in [-0.25, -0.2) is 13.1 Å². The summed E-state index contributed by atoms with van der Waals surface area (Å²) >= 11 is 0. The third-order valence-electron chi connectivity index (χ3n) is 5.51. The fourth-order valence-electron chi connectivity index (χ4n) is 3.95. The summed E-state index contributed by atoms with van der Waals surface area (Å²) in [6, 6.07) is 11.8.